The SMILES string of the molecule is CCNCCc1csc(-c2ncc(C)cn2)n1. The molecule has 5 heteroatoms. The van der Waals surface area contributed by atoms with Crippen molar-refractivity contribution in [2.24, 2.45) is 0 Å². The average molecular weight is 248 g/mol. The summed E-state index contributed by atoms with van der Waals surface area (Å²) >= 11 is 1.60. The maximum absolute atomic E-state index is 4.54. The minimum absolute atomic E-state index is 0.718. The summed E-state index contributed by atoms with van der Waals surface area (Å²) in [5, 5.41) is 6.27. The van der Waals surface area contributed by atoms with Crippen LogP contribution in [0, 0.1) is 6.92 Å². The van der Waals surface area contributed by atoms with Crippen molar-refractivity contribution in [1.29, 1.82) is 0 Å². The molecule has 0 radical (unpaired) electrons. The van der Waals surface area contributed by atoms with Crippen molar-refractivity contribution in [2.45, 2.75) is 20.3 Å². The van der Waals surface area contributed by atoms with Gasteiger partial charge in [-0.25, -0.2) is 15.0 Å². The van der Waals surface area contributed by atoms with Gasteiger partial charge in [0.15, 0.2) is 10.8 Å². The van der Waals surface area contributed by atoms with Crippen LogP contribution in [0.3, 0.4) is 0 Å². The normalized spacial score (nSPS) is 10.7. The number of aromatic nitrogens is 3. The molecule has 2 aromatic rings. The molecule has 0 unspecified atom stereocenters. The van der Waals surface area contributed by atoms with E-state index in [2.05, 4.69) is 32.6 Å². The Morgan fingerprint density at radius 3 is 2.76 bits per heavy atom. The van der Waals surface area contributed by atoms with Gasteiger partial charge in [-0.2, -0.15) is 0 Å². The zero-order chi connectivity index (χ0) is 12.1. The molecule has 0 atom stereocenters. The van der Waals surface area contributed by atoms with Crippen LogP contribution in [0.5, 0.6) is 0 Å². The van der Waals surface area contributed by atoms with Gasteiger partial charge in [-0.1, -0.05) is 6.92 Å². The second kappa shape index (κ2) is 5.84. The lowest BCUT2D eigenvalue weighted by Crippen LogP contribution is -2.16. The molecule has 2 rings (SSSR count). The summed E-state index contributed by atoms with van der Waals surface area (Å²) in [6, 6.07) is 0. The number of thiazole rings is 1. The molecule has 0 spiro atoms. The van der Waals surface area contributed by atoms with E-state index < -0.39 is 0 Å². The molecule has 0 amide bonds. The van der Waals surface area contributed by atoms with Gasteiger partial charge in [0, 0.05) is 30.7 Å². The smallest absolute Gasteiger partial charge is 0.188 e. The third-order valence-electron chi connectivity index (χ3n) is 2.33. The molecule has 0 saturated carbocycles. The highest BCUT2D eigenvalue weighted by Crippen LogP contribution is 2.19. The Balaban J connectivity index is 2.04. The van der Waals surface area contributed by atoms with E-state index in [1.165, 1.54) is 0 Å². The molecule has 0 aromatic carbocycles. The maximum Gasteiger partial charge on any atom is 0.188 e. The molecule has 0 aliphatic carbocycles. The lowest BCUT2D eigenvalue weighted by molar-refractivity contribution is 0.710. The van der Waals surface area contributed by atoms with Crippen molar-refractivity contribution in [1.82, 2.24) is 20.3 Å². The Morgan fingerprint density at radius 2 is 2.06 bits per heavy atom. The Labute approximate surface area is 105 Å². The van der Waals surface area contributed by atoms with Crippen LogP contribution < -0.4 is 5.32 Å². The number of hydrogen-bond acceptors (Lipinski definition) is 5. The van der Waals surface area contributed by atoms with E-state index in [9.17, 15) is 0 Å². The molecule has 0 saturated heterocycles. The van der Waals surface area contributed by atoms with Crippen molar-refractivity contribution >= 4 is 11.3 Å². The first-order valence-corrected chi connectivity index (χ1v) is 6.61. The van der Waals surface area contributed by atoms with Crippen LogP contribution in [0.4, 0.5) is 0 Å². The van der Waals surface area contributed by atoms with Gasteiger partial charge in [0.2, 0.25) is 0 Å². The number of hydrogen-bond donors (Lipinski definition) is 1. The van der Waals surface area contributed by atoms with Gasteiger partial charge in [-0.3, -0.25) is 0 Å². The van der Waals surface area contributed by atoms with Crippen LogP contribution in [-0.4, -0.2) is 28.0 Å². The highest BCUT2D eigenvalue weighted by atomic mass is 32.1. The first-order valence-electron chi connectivity index (χ1n) is 5.73. The summed E-state index contributed by atoms with van der Waals surface area (Å²) < 4.78 is 0. The summed E-state index contributed by atoms with van der Waals surface area (Å²) in [5.41, 5.74) is 2.17. The van der Waals surface area contributed by atoms with Crippen LogP contribution in [0.2, 0.25) is 0 Å². The first kappa shape index (κ1) is 12.1. The predicted octanol–water partition coefficient (Wildman–Crippen LogP) is 2.06. The first-order chi connectivity index (χ1) is 8.29. The van der Waals surface area contributed by atoms with Crippen molar-refractivity contribution in [3.63, 3.8) is 0 Å². The van der Waals surface area contributed by atoms with E-state index in [-0.39, 0.29) is 0 Å². The summed E-state index contributed by atoms with van der Waals surface area (Å²) in [4.78, 5) is 13.1. The van der Waals surface area contributed by atoms with Crippen LogP contribution in [-0.2, 0) is 6.42 Å². The third kappa shape index (κ3) is 3.31. The van der Waals surface area contributed by atoms with Gasteiger partial charge in [0.05, 0.1) is 5.69 Å². The van der Waals surface area contributed by atoms with Crippen LogP contribution >= 0.6 is 11.3 Å². The minimum atomic E-state index is 0.718. The number of nitrogens with one attached hydrogen (secondary N) is 1. The van der Waals surface area contributed by atoms with E-state index in [1.54, 1.807) is 11.3 Å². The number of likely N-dealkylation sites (N-methyl/N-ethyl adjacent to an activating group) is 1. The van der Waals surface area contributed by atoms with Crippen molar-refractivity contribution in [3.05, 3.63) is 29.0 Å². The third-order valence-corrected chi connectivity index (χ3v) is 3.22. The Morgan fingerprint density at radius 1 is 1.29 bits per heavy atom. The Bertz CT molecular complexity index is 464. The van der Waals surface area contributed by atoms with Crippen molar-refractivity contribution < 1.29 is 0 Å². The van der Waals surface area contributed by atoms with Crippen LogP contribution in [0.15, 0.2) is 17.8 Å². The molecule has 4 nitrogen and oxygen atoms in total. The molecule has 0 bridgehead atoms. The number of aryl methyl sites for hydroxylation is 1. The zero-order valence-corrected chi connectivity index (χ0v) is 10.9. The molecule has 1 N–H and O–H groups in total. The molecule has 90 valence electrons. The summed E-state index contributed by atoms with van der Waals surface area (Å²) in [6.07, 6.45) is 4.60. The fourth-order valence-corrected chi connectivity index (χ4v) is 2.22. The quantitative estimate of drug-likeness (QED) is 0.823. The standard InChI is InChI=1S/C12H16N4S/c1-3-13-5-4-10-8-17-12(16-10)11-14-6-9(2)7-15-11/h6-8,13H,3-5H2,1-2H3. The Hall–Kier alpha value is -1.33. The molecular formula is C12H16N4S. The van der Waals surface area contributed by atoms with Crippen molar-refractivity contribution in [2.75, 3.05) is 13.1 Å². The lowest BCUT2D eigenvalue weighted by atomic mass is 10.3. The summed E-state index contributed by atoms with van der Waals surface area (Å²) in [7, 11) is 0. The van der Waals surface area contributed by atoms with Crippen LogP contribution in [0.1, 0.15) is 18.2 Å². The highest BCUT2D eigenvalue weighted by molar-refractivity contribution is 7.13. The van der Waals surface area contributed by atoms with Gasteiger partial charge < -0.3 is 5.32 Å². The second-order valence-electron chi connectivity index (χ2n) is 3.83. The lowest BCUT2D eigenvalue weighted by Gasteiger charge is -1.97. The predicted molar refractivity (Wildman–Crippen MR) is 70.1 cm³/mol. The molecule has 0 aliphatic heterocycles. The monoisotopic (exact) mass is 248 g/mol. The molecule has 2 heterocycles. The summed E-state index contributed by atoms with van der Waals surface area (Å²) in [5.74, 6) is 0.718. The van der Waals surface area contributed by atoms with Crippen molar-refractivity contribution in [3.8, 4) is 10.8 Å². The number of nitrogens with zero attached hydrogens (tertiary/aromatic N) is 3. The largest absolute Gasteiger partial charge is 0.317 e. The van der Waals surface area contributed by atoms with E-state index in [4.69, 9.17) is 0 Å². The molecule has 2 aromatic heterocycles. The van der Waals surface area contributed by atoms with Gasteiger partial charge in [-0.15, -0.1) is 11.3 Å². The highest BCUT2D eigenvalue weighted by Gasteiger charge is 2.06. The minimum Gasteiger partial charge on any atom is -0.317 e. The summed E-state index contributed by atoms with van der Waals surface area (Å²) in [6.45, 7) is 6.05. The van der Waals surface area contributed by atoms with Gasteiger partial charge in [0.1, 0.15) is 0 Å². The zero-order valence-electron chi connectivity index (χ0n) is 10.1. The average Bonchev–Trinajstić information content (AvgIpc) is 2.79. The molecule has 17 heavy (non-hydrogen) atoms. The van der Waals surface area contributed by atoms with E-state index in [1.807, 2.05) is 19.3 Å². The fourth-order valence-electron chi connectivity index (χ4n) is 1.42. The van der Waals surface area contributed by atoms with Gasteiger partial charge in [0.25, 0.3) is 0 Å². The van der Waals surface area contributed by atoms with Gasteiger partial charge in [-0.05, 0) is 19.0 Å². The fraction of sp³-hybridized carbons (Fsp3) is 0.417. The topological polar surface area (TPSA) is 50.7 Å². The van der Waals surface area contributed by atoms with E-state index in [0.717, 1.165) is 41.6 Å². The van der Waals surface area contributed by atoms with Gasteiger partial charge >= 0.3 is 0 Å². The second-order valence-corrected chi connectivity index (χ2v) is 4.69. The number of rotatable bonds is 5. The molecule has 0 aliphatic rings. The van der Waals surface area contributed by atoms with E-state index >= 15 is 0 Å². The molecular weight excluding hydrogens is 232 g/mol. The maximum atomic E-state index is 4.54. The molecule has 0 fully saturated rings. The Kier molecular flexibility index (Phi) is 4.17. The van der Waals surface area contributed by atoms with E-state index in [0.29, 0.717) is 0 Å². The van der Waals surface area contributed by atoms with Crippen LogP contribution in [0.25, 0.3) is 10.8 Å².